The van der Waals surface area contributed by atoms with Crippen LogP contribution in [-0.4, -0.2) is 31.8 Å². The van der Waals surface area contributed by atoms with Crippen molar-refractivity contribution in [1.82, 2.24) is 5.32 Å². The first-order chi connectivity index (χ1) is 8.90. The average Bonchev–Trinajstić information content (AvgIpc) is 2.35. The number of benzene rings is 1. The van der Waals surface area contributed by atoms with Crippen LogP contribution in [0.1, 0.15) is 5.56 Å². The van der Waals surface area contributed by atoms with Crippen molar-refractivity contribution in [1.29, 1.82) is 0 Å². The van der Waals surface area contributed by atoms with Gasteiger partial charge in [-0.2, -0.15) is 13.2 Å². The van der Waals surface area contributed by atoms with E-state index in [9.17, 15) is 18.0 Å². The summed E-state index contributed by atoms with van der Waals surface area (Å²) in [6, 6.07) is 6.86. The number of ether oxygens (including phenoxy) is 1. The average molecular weight is 276 g/mol. The van der Waals surface area contributed by atoms with Gasteiger partial charge in [-0.05, 0) is 30.7 Å². The normalized spacial score (nSPS) is 11.2. The van der Waals surface area contributed by atoms with Gasteiger partial charge >= 0.3 is 6.18 Å². The lowest BCUT2D eigenvalue weighted by Gasteiger charge is -2.09. The van der Waals surface area contributed by atoms with Crippen LogP contribution in [0.4, 0.5) is 13.2 Å². The van der Waals surface area contributed by atoms with Crippen molar-refractivity contribution in [3.05, 3.63) is 29.8 Å². The van der Waals surface area contributed by atoms with E-state index in [1.807, 2.05) is 0 Å². The number of rotatable bonds is 6. The van der Waals surface area contributed by atoms with E-state index in [0.29, 0.717) is 12.3 Å². The van der Waals surface area contributed by atoms with E-state index in [4.69, 9.17) is 10.5 Å². The molecule has 0 aromatic heterocycles. The number of nitrogens with one attached hydrogen (secondary N) is 1. The van der Waals surface area contributed by atoms with E-state index in [0.717, 1.165) is 12.0 Å². The molecular formula is C12H15F3N2O2. The monoisotopic (exact) mass is 276 g/mol. The van der Waals surface area contributed by atoms with Gasteiger partial charge in [0.15, 0.2) is 6.61 Å². The van der Waals surface area contributed by atoms with E-state index in [2.05, 4.69) is 0 Å². The molecule has 1 aromatic rings. The van der Waals surface area contributed by atoms with E-state index in [-0.39, 0.29) is 0 Å². The first-order valence-corrected chi connectivity index (χ1v) is 5.66. The second kappa shape index (κ2) is 6.98. The highest BCUT2D eigenvalue weighted by Crippen LogP contribution is 2.13. The molecule has 0 radical (unpaired) electrons. The molecule has 0 heterocycles. The van der Waals surface area contributed by atoms with Crippen LogP contribution in [-0.2, 0) is 11.2 Å². The fraction of sp³-hybridized carbons (Fsp3) is 0.417. The minimum absolute atomic E-state index is 0.419. The Labute approximate surface area is 108 Å². The summed E-state index contributed by atoms with van der Waals surface area (Å²) >= 11 is 0. The first-order valence-electron chi connectivity index (χ1n) is 5.66. The molecule has 0 aliphatic heterocycles. The van der Waals surface area contributed by atoms with Crippen molar-refractivity contribution in [2.24, 2.45) is 5.73 Å². The molecule has 0 atom stereocenters. The lowest BCUT2D eigenvalue weighted by molar-refractivity contribution is -0.139. The number of alkyl halides is 3. The second-order valence-corrected chi connectivity index (χ2v) is 3.86. The molecule has 0 aliphatic carbocycles. The molecule has 4 nitrogen and oxygen atoms in total. The van der Waals surface area contributed by atoms with Crippen molar-refractivity contribution in [2.75, 3.05) is 19.7 Å². The maximum Gasteiger partial charge on any atom is 0.405 e. The van der Waals surface area contributed by atoms with E-state index < -0.39 is 25.2 Å². The molecule has 0 aliphatic rings. The third-order valence-electron chi connectivity index (χ3n) is 2.21. The van der Waals surface area contributed by atoms with Crippen molar-refractivity contribution in [3.8, 4) is 5.75 Å². The van der Waals surface area contributed by atoms with Gasteiger partial charge < -0.3 is 15.8 Å². The first kappa shape index (κ1) is 15.3. The van der Waals surface area contributed by atoms with Gasteiger partial charge in [-0.1, -0.05) is 12.1 Å². The summed E-state index contributed by atoms with van der Waals surface area (Å²) < 4.78 is 40.5. The number of amides is 1. The minimum Gasteiger partial charge on any atom is -0.484 e. The fourth-order valence-corrected chi connectivity index (χ4v) is 1.32. The molecule has 1 rings (SSSR count). The van der Waals surface area contributed by atoms with Crippen LogP contribution in [0, 0.1) is 0 Å². The van der Waals surface area contributed by atoms with Gasteiger partial charge in [-0.25, -0.2) is 0 Å². The summed E-state index contributed by atoms with van der Waals surface area (Å²) in [6.45, 7) is -1.28. The summed E-state index contributed by atoms with van der Waals surface area (Å²) in [5.74, 6) is -0.397. The third-order valence-corrected chi connectivity index (χ3v) is 2.21. The molecule has 0 fully saturated rings. The zero-order chi connectivity index (χ0) is 14.3. The Hall–Kier alpha value is -1.76. The van der Waals surface area contributed by atoms with E-state index >= 15 is 0 Å². The van der Waals surface area contributed by atoms with Crippen molar-refractivity contribution in [2.45, 2.75) is 12.6 Å². The molecule has 19 heavy (non-hydrogen) atoms. The number of hydrogen-bond donors (Lipinski definition) is 2. The maximum absolute atomic E-state index is 11.8. The van der Waals surface area contributed by atoms with Crippen LogP contribution in [0.2, 0.25) is 0 Å². The smallest absolute Gasteiger partial charge is 0.405 e. The molecule has 0 bridgehead atoms. The Balaban J connectivity index is 2.33. The lowest BCUT2D eigenvalue weighted by Crippen LogP contribution is -2.36. The summed E-state index contributed by atoms with van der Waals surface area (Å²) in [4.78, 5) is 11.1. The lowest BCUT2D eigenvalue weighted by atomic mass is 10.1. The Morgan fingerprint density at radius 2 is 1.89 bits per heavy atom. The highest BCUT2D eigenvalue weighted by molar-refractivity contribution is 5.77. The SMILES string of the molecule is NCCc1ccc(OCC(=O)NCC(F)(F)F)cc1. The Bertz CT molecular complexity index is 404. The van der Waals surface area contributed by atoms with Crippen LogP contribution in [0.5, 0.6) is 5.75 Å². The summed E-state index contributed by atoms with van der Waals surface area (Å²) in [5.41, 5.74) is 6.41. The fourth-order valence-electron chi connectivity index (χ4n) is 1.32. The maximum atomic E-state index is 11.8. The Morgan fingerprint density at radius 3 is 2.42 bits per heavy atom. The number of carbonyl (C=O) groups is 1. The molecule has 106 valence electrons. The standard InChI is InChI=1S/C12H15F3N2O2/c13-12(14,15)8-17-11(18)7-19-10-3-1-9(2-4-10)5-6-16/h1-4H,5-8,16H2,(H,17,18). The Kier molecular flexibility index (Phi) is 5.62. The largest absolute Gasteiger partial charge is 0.484 e. The highest BCUT2D eigenvalue weighted by atomic mass is 19.4. The van der Waals surface area contributed by atoms with Crippen molar-refractivity contribution < 1.29 is 22.7 Å². The van der Waals surface area contributed by atoms with Crippen molar-refractivity contribution in [3.63, 3.8) is 0 Å². The molecule has 0 saturated heterocycles. The van der Waals surface area contributed by atoms with Crippen LogP contribution in [0.25, 0.3) is 0 Å². The van der Waals surface area contributed by atoms with Crippen LogP contribution < -0.4 is 15.8 Å². The summed E-state index contributed by atoms with van der Waals surface area (Å²) in [5, 5.41) is 1.72. The molecule has 3 N–H and O–H groups in total. The van der Waals surface area contributed by atoms with Crippen LogP contribution >= 0.6 is 0 Å². The van der Waals surface area contributed by atoms with E-state index in [1.165, 1.54) is 0 Å². The van der Waals surface area contributed by atoms with Gasteiger partial charge in [-0.3, -0.25) is 4.79 Å². The Morgan fingerprint density at radius 1 is 1.26 bits per heavy atom. The van der Waals surface area contributed by atoms with Gasteiger partial charge in [0.05, 0.1) is 0 Å². The zero-order valence-corrected chi connectivity index (χ0v) is 10.2. The predicted molar refractivity (Wildman–Crippen MR) is 63.8 cm³/mol. The molecule has 0 unspecified atom stereocenters. The molecule has 1 aromatic carbocycles. The number of nitrogens with two attached hydrogens (primary N) is 1. The van der Waals surface area contributed by atoms with Gasteiger partial charge in [-0.15, -0.1) is 0 Å². The molecule has 7 heteroatoms. The third kappa shape index (κ3) is 6.66. The quantitative estimate of drug-likeness (QED) is 0.821. The van der Waals surface area contributed by atoms with Crippen LogP contribution in [0.3, 0.4) is 0 Å². The topological polar surface area (TPSA) is 64.3 Å². The summed E-state index contributed by atoms with van der Waals surface area (Å²) in [7, 11) is 0. The van der Waals surface area contributed by atoms with E-state index in [1.54, 1.807) is 29.6 Å². The van der Waals surface area contributed by atoms with Gasteiger partial charge in [0.1, 0.15) is 12.3 Å². The van der Waals surface area contributed by atoms with Gasteiger partial charge in [0, 0.05) is 0 Å². The van der Waals surface area contributed by atoms with Gasteiger partial charge in [0.2, 0.25) is 0 Å². The minimum atomic E-state index is -4.42. The van der Waals surface area contributed by atoms with Crippen LogP contribution in [0.15, 0.2) is 24.3 Å². The second-order valence-electron chi connectivity index (χ2n) is 3.86. The molecule has 0 spiro atoms. The number of halogens is 3. The number of hydrogen-bond acceptors (Lipinski definition) is 3. The molecular weight excluding hydrogens is 261 g/mol. The number of carbonyl (C=O) groups excluding carboxylic acids is 1. The van der Waals surface area contributed by atoms with Crippen molar-refractivity contribution >= 4 is 5.91 Å². The highest BCUT2D eigenvalue weighted by Gasteiger charge is 2.27. The van der Waals surface area contributed by atoms with Gasteiger partial charge in [0.25, 0.3) is 5.91 Å². The predicted octanol–water partition coefficient (Wildman–Crippen LogP) is 1.25. The zero-order valence-electron chi connectivity index (χ0n) is 10.2. The summed E-state index contributed by atoms with van der Waals surface area (Å²) in [6.07, 6.45) is -3.69. The molecule has 0 saturated carbocycles. The molecule has 1 amide bonds.